The zero-order chi connectivity index (χ0) is 18.7. The van der Waals surface area contributed by atoms with Crippen molar-refractivity contribution in [2.24, 2.45) is 4.99 Å². The summed E-state index contributed by atoms with van der Waals surface area (Å²) in [4.78, 5) is 4.38. The zero-order valence-electron chi connectivity index (χ0n) is 13.8. The van der Waals surface area contributed by atoms with Gasteiger partial charge in [0.05, 0.1) is 18.0 Å². The van der Waals surface area contributed by atoms with E-state index in [1.54, 1.807) is 37.3 Å². The van der Waals surface area contributed by atoms with Gasteiger partial charge in [0, 0.05) is 11.1 Å². The van der Waals surface area contributed by atoms with E-state index in [1.807, 2.05) is 0 Å². The second-order valence-corrected chi connectivity index (χ2v) is 6.97. The summed E-state index contributed by atoms with van der Waals surface area (Å²) in [7, 11) is -3.66. The van der Waals surface area contributed by atoms with Crippen LogP contribution in [0.3, 0.4) is 0 Å². The Morgan fingerprint density at radius 3 is 2.65 bits per heavy atom. The highest BCUT2D eigenvalue weighted by Gasteiger charge is 2.30. The Kier molecular flexibility index (Phi) is 5.08. The Morgan fingerprint density at radius 2 is 1.92 bits per heavy atom. The predicted octanol–water partition coefficient (Wildman–Crippen LogP) is 2.93. The maximum Gasteiger partial charge on any atom is 0.387 e. The Hall–Kier alpha value is -2.68. The predicted molar refractivity (Wildman–Crippen MR) is 91.2 cm³/mol. The van der Waals surface area contributed by atoms with Gasteiger partial charge in [-0.3, -0.25) is 9.71 Å². The summed E-state index contributed by atoms with van der Waals surface area (Å²) >= 11 is 0. The van der Waals surface area contributed by atoms with Crippen LogP contribution in [0.5, 0.6) is 11.5 Å². The number of benzene rings is 2. The van der Waals surface area contributed by atoms with Gasteiger partial charge >= 0.3 is 6.61 Å². The van der Waals surface area contributed by atoms with Crippen molar-refractivity contribution in [1.29, 1.82) is 0 Å². The number of rotatable bonds is 6. The number of hydrogen-bond donors (Lipinski definition) is 1. The number of nitrogens with one attached hydrogen (secondary N) is 1. The quantitative estimate of drug-likeness (QED) is 0.833. The number of alkyl halides is 2. The molecule has 3 rings (SSSR count). The van der Waals surface area contributed by atoms with Crippen LogP contribution in [-0.4, -0.2) is 27.5 Å². The van der Waals surface area contributed by atoms with Crippen molar-refractivity contribution < 1.29 is 26.7 Å². The van der Waals surface area contributed by atoms with Crippen LogP contribution in [0.15, 0.2) is 52.4 Å². The smallest absolute Gasteiger partial charge is 0.387 e. The summed E-state index contributed by atoms with van der Waals surface area (Å²) in [5, 5.41) is 0. The molecule has 1 heterocycles. The fraction of sp³-hybridized carbons (Fsp3) is 0.235. The first-order valence-electron chi connectivity index (χ1n) is 7.78. The van der Waals surface area contributed by atoms with Crippen LogP contribution in [0.25, 0.3) is 0 Å². The Morgan fingerprint density at radius 1 is 1.15 bits per heavy atom. The van der Waals surface area contributed by atoms with E-state index in [4.69, 9.17) is 4.74 Å². The number of ether oxygens (including phenoxy) is 2. The van der Waals surface area contributed by atoms with E-state index in [1.165, 1.54) is 12.1 Å². The van der Waals surface area contributed by atoms with Crippen LogP contribution >= 0.6 is 0 Å². The minimum absolute atomic E-state index is 0.0604. The molecule has 1 N–H and O–H groups in total. The first kappa shape index (κ1) is 18.1. The molecule has 0 radical (unpaired) electrons. The van der Waals surface area contributed by atoms with Crippen molar-refractivity contribution >= 4 is 15.9 Å². The van der Waals surface area contributed by atoms with Gasteiger partial charge in [0.2, 0.25) is 0 Å². The van der Waals surface area contributed by atoms with E-state index in [-0.39, 0.29) is 35.4 Å². The molecule has 1 aliphatic rings. The topological polar surface area (TPSA) is 77.0 Å². The van der Waals surface area contributed by atoms with Crippen molar-refractivity contribution in [2.75, 3.05) is 6.61 Å². The van der Waals surface area contributed by atoms with Crippen LogP contribution in [0.2, 0.25) is 0 Å². The minimum Gasteiger partial charge on any atom is -0.490 e. The molecule has 0 saturated carbocycles. The lowest BCUT2D eigenvalue weighted by Crippen LogP contribution is -2.22. The second-order valence-electron chi connectivity index (χ2n) is 5.32. The minimum atomic E-state index is -3.66. The van der Waals surface area contributed by atoms with Gasteiger partial charge in [0.1, 0.15) is 5.84 Å². The second kappa shape index (κ2) is 7.28. The van der Waals surface area contributed by atoms with Crippen LogP contribution in [-0.2, 0) is 16.6 Å². The fourth-order valence-electron chi connectivity index (χ4n) is 2.59. The maximum atomic E-state index is 12.8. The summed E-state index contributed by atoms with van der Waals surface area (Å²) in [5.74, 6) is 0.228. The van der Waals surface area contributed by atoms with E-state index in [9.17, 15) is 17.2 Å². The lowest BCUT2D eigenvalue weighted by Gasteiger charge is -2.14. The summed E-state index contributed by atoms with van der Waals surface area (Å²) in [5.41, 5.74) is 0.789. The molecular formula is C17H16F2N2O4S. The average molecular weight is 382 g/mol. The Bertz CT molecular complexity index is 946. The van der Waals surface area contributed by atoms with Crippen LogP contribution in [0.4, 0.5) is 8.78 Å². The number of halogens is 2. The summed E-state index contributed by atoms with van der Waals surface area (Å²) < 4.78 is 62.0. The van der Waals surface area contributed by atoms with Crippen molar-refractivity contribution in [1.82, 2.24) is 4.72 Å². The summed E-state index contributed by atoms with van der Waals surface area (Å²) in [6.07, 6.45) is 0. The molecule has 2 aromatic carbocycles. The van der Waals surface area contributed by atoms with Crippen LogP contribution in [0, 0.1) is 0 Å². The molecule has 0 aliphatic carbocycles. The van der Waals surface area contributed by atoms with Gasteiger partial charge in [-0.15, -0.1) is 0 Å². The lowest BCUT2D eigenvalue weighted by atomic mass is 10.1. The summed E-state index contributed by atoms with van der Waals surface area (Å²) in [6.45, 7) is -1.07. The molecule has 2 aromatic rings. The zero-order valence-corrected chi connectivity index (χ0v) is 14.6. The first-order valence-corrected chi connectivity index (χ1v) is 9.27. The standard InChI is InChI=1S/C17H16F2N2O4S/c1-2-24-13-8-5-6-11(15(13)25-17(18)19)10-20-16-12-7-3-4-9-14(12)26(22,23)21-16/h3-9,17H,2,10H2,1H3,(H,20,21). The van der Waals surface area contributed by atoms with E-state index >= 15 is 0 Å². The third-order valence-electron chi connectivity index (χ3n) is 3.64. The van der Waals surface area contributed by atoms with Gasteiger partial charge < -0.3 is 9.47 Å². The fourth-order valence-corrected chi connectivity index (χ4v) is 3.84. The third kappa shape index (κ3) is 3.62. The normalized spacial score (nSPS) is 16.4. The Labute approximate surface area is 149 Å². The molecule has 9 heteroatoms. The van der Waals surface area contributed by atoms with Gasteiger partial charge in [-0.25, -0.2) is 8.42 Å². The first-order chi connectivity index (χ1) is 12.4. The highest BCUT2D eigenvalue weighted by molar-refractivity contribution is 7.90. The molecule has 26 heavy (non-hydrogen) atoms. The molecule has 0 spiro atoms. The van der Waals surface area contributed by atoms with E-state index in [0.717, 1.165) is 0 Å². The number of sulfonamides is 1. The molecule has 1 aliphatic heterocycles. The van der Waals surface area contributed by atoms with Gasteiger partial charge in [-0.05, 0) is 25.1 Å². The van der Waals surface area contributed by atoms with Gasteiger partial charge in [0.15, 0.2) is 11.5 Å². The largest absolute Gasteiger partial charge is 0.490 e. The Balaban J connectivity index is 1.95. The van der Waals surface area contributed by atoms with Gasteiger partial charge in [-0.2, -0.15) is 8.78 Å². The number of nitrogens with zero attached hydrogens (tertiary/aromatic N) is 1. The molecule has 0 bridgehead atoms. The molecule has 0 amide bonds. The van der Waals surface area contributed by atoms with Crippen LogP contribution < -0.4 is 14.2 Å². The van der Waals surface area contributed by atoms with Crippen molar-refractivity contribution in [3.63, 3.8) is 0 Å². The molecule has 0 fully saturated rings. The van der Waals surface area contributed by atoms with Crippen molar-refractivity contribution in [3.8, 4) is 11.5 Å². The number of fused-ring (bicyclic) bond motifs is 1. The van der Waals surface area contributed by atoms with Gasteiger partial charge in [-0.1, -0.05) is 24.3 Å². The van der Waals surface area contributed by atoms with Crippen molar-refractivity contribution in [3.05, 3.63) is 53.6 Å². The molecule has 6 nitrogen and oxygen atoms in total. The number of hydrogen-bond acceptors (Lipinski definition) is 5. The van der Waals surface area contributed by atoms with Crippen molar-refractivity contribution in [2.45, 2.75) is 25.0 Å². The summed E-state index contributed by atoms with van der Waals surface area (Å²) in [6, 6.07) is 11.1. The number of amidine groups is 1. The SMILES string of the molecule is CCOc1cccc(CN=C2NS(=O)(=O)c3ccccc32)c1OC(F)F. The van der Waals surface area contributed by atoms with E-state index in [2.05, 4.69) is 14.5 Å². The third-order valence-corrected chi connectivity index (χ3v) is 5.03. The number of para-hydroxylation sites is 1. The molecule has 138 valence electrons. The van der Waals surface area contributed by atoms with Crippen LogP contribution in [0.1, 0.15) is 18.1 Å². The maximum absolute atomic E-state index is 12.8. The molecule has 0 unspecified atom stereocenters. The molecule has 0 saturated heterocycles. The monoisotopic (exact) mass is 382 g/mol. The molecular weight excluding hydrogens is 366 g/mol. The highest BCUT2D eigenvalue weighted by atomic mass is 32.2. The average Bonchev–Trinajstić information content (AvgIpc) is 2.86. The number of aliphatic imine (C=N–C) groups is 1. The van der Waals surface area contributed by atoms with E-state index < -0.39 is 16.6 Å². The highest BCUT2D eigenvalue weighted by Crippen LogP contribution is 2.33. The molecule has 0 aromatic heterocycles. The van der Waals surface area contributed by atoms with E-state index in [0.29, 0.717) is 11.1 Å². The molecule has 0 atom stereocenters. The van der Waals surface area contributed by atoms with Gasteiger partial charge in [0.25, 0.3) is 10.0 Å². The lowest BCUT2D eigenvalue weighted by molar-refractivity contribution is -0.0520.